The summed E-state index contributed by atoms with van der Waals surface area (Å²) in [5.74, 6) is -2.30. The first-order valence-electron chi connectivity index (χ1n) is 13.4. The van der Waals surface area contributed by atoms with Crippen molar-refractivity contribution in [1.82, 2.24) is 26.4 Å². The fraction of sp³-hybridized carbons (Fsp3) is 0.630. The Hall–Kier alpha value is -3.70. The second kappa shape index (κ2) is 15.0. The molecule has 0 bridgehead atoms. The van der Waals surface area contributed by atoms with E-state index in [2.05, 4.69) is 26.4 Å². The summed E-state index contributed by atoms with van der Waals surface area (Å²) >= 11 is 0. The SMILES string of the molecule is CCOC(=O)/C=C/[C@H](C[C@@H]1CCNC1=O)NC(=O)[C@H](CC(C)C)NC(=O)[C@@H](NC(=O)c1cc(C)on1)C(C)C. The van der Waals surface area contributed by atoms with Gasteiger partial charge in [-0.25, -0.2) is 4.79 Å². The molecule has 2 rings (SSSR count). The number of esters is 1. The molecular formula is C27H41N5O7. The molecule has 4 atom stereocenters. The highest BCUT2D eigenvalue weighted by Crippen LogP contribution is 2.18. The number of amides is 4. The van der Waals surface area contributed by atoms with Crippen molar-refractivity contribution in [3.63, 3.8) is 0 Å². The van der Waals surface area contributed by atoms with E-state index in [4.69, 9.17) is 9.26 Å². The summed E-state index contributed by atoms with van der Waals surface area (Å²) in [4.78, 5) is 63.3. The van der Waals surface area contributed by atoms with E-state index in [1.807, 2.05) is 13.8 Å². The van der Waals surface area contributed by atoms with E-state index < -0.39 is 41.8 Å². The van der Waals surface area contributed by atoms with Gasteiger partial charge in [0.25, 0.3) is 5.91 Å². The quantitative estimate of drug-likeness (QED) is 0.200. The third-order valence-electron chi connectivity index (χ3n) is 6.22. The van der Waals surface area contributed by atoms with Crippen molar-refractivity contribution < 1.29 is 33.2 Å². The van der Waals surface area contributed by atoms with E-state index in [0.29, 0.717) is 25.1 Å². The van der Waals surface area contributed by atoms with Crippen molar-refractivity contribution in [3.8, 4) is 0 Å². The smallest absolute Gasteiger partial charge is 0.330 e. The standard InChI is InChI=1S/C27H41N5O7/c1-7-38-22(33)9-8-19(14-18-10-11-28-24(18)34)29-25(35)20(12-15(2)3)30-27(37)23(16(4)5)31-26(36)21-13-17(6)39-32-21/h8-9,13,15-16,18-20,23H,7,10-12,14H2,1-6H3,(H,28,34)(H,29,35)(H,30,37)(H,31,36)/b9-8+/t18-,19+,20-,23-/m0/s1. The molecule has 0 saturated carbocycles. The van der Waals surface area contributed by atoms with Gasteiger partial charge in [-0.1, -0.05) is 38.9 Å². The molecule has 1 aliphatic rings. The first kappa shape index (κ1) is 31.5. The predicted molar refractivity (Wildman–Crippen MR) is 142 cm³/mol. The van der Waals surface area contributed by atoms with Gasteiger partial charge in [0.15, 0.2) is 5.69 Å². The van der Waals surface area contributed by atoms with Crippen LogP contribution in [-0.2, 0) is 23.9 Å². The van der Waals surface area contributed by atoms with Crippen molar-refractivity contribution in [2.75, 3.05) is 13.2 Å². The summed E-state index contributed by atoms with van der Waals surface area (Å²) in [6.07, 6.45) is 3.97. The van der Waals surface area contributed by atoms with Crippen LogP contribution in [-0.4, -0.2) is 66.0 Å². The molecule has 4 amide bonds. The third-order valence-corrected chi connectivity index (χ3v) is 6.22. The minimum atomic E-state index is -0.932. The molecule has 0 unspecified atom stereocenters. The van der Waals surface area contributed by atoms with Gasteiger partial charge in [0.05, 0.1) is 6.61 Å². The molecule has 1 fully saturated rings. The zero-order valence-electron chi connectivity index (χ0n) is 23.5. The van der Waals surface area contributed by atoms with Crippen LogP contribution in [0.5, 0.6) is 0 Å². The van der Waals surface area contributed by atoms with Gasteiger partial charge in [-0.3, -0.25) is 19.2 Å². The molecule has 2 heterocycles. The van der Waals surface area contributed by atoms with Crippen molar-refractivity contribution in [2.24, 2.45) is 17.8 Å². The van der Waals surface area contributed by atoms with Gasteiger partial charge in [0, 0.05) is 30.6 Å². The molecule has 12 nitrogen and oxygen atoms in total. The van der Waals surface area contributed by atoms with Crippen LogP contribution >= 0.6 is 0 Å². The summed E-state index contributed by atoms with van der Waals surface area (Å²) in [6, 6.07) is -1.02. The maximum atomic E-state index is 13.4. The summed E-state index contributed by atoms with van der Waals surface area (Å²) in [6.45, 7) is 11.5. The Morgan fingerprint density at radius 3 is 2.41 bits per heavy atom. The lowest BCUT2D eigenvalue weighted by Gasteiger charge is -2.27. The Morgan fingerprint density at radius 1 is 1.15 bits per heavy atom. The number of aryl methyl sites for hydroxylation is 1. The highest BCUT2D eigenvalue weighted by atomic mass is 16.5. The van der Waals surface area contributed by atoms with Gasteiger partial charge in [-0.2, -0.15) is 0 Å². The van der Waals surface area contributed by atoms with Crippen LogP contribution in [0.4, 0.5) is 0 Å². The lowest BCUT2D eigenvalue weighted by molar-refractivity contribution is -0.137. The fourth-order valence-corrected chi connectivity index (χ4v) is 4.22. The second-order valence-electron chi connectivity index (χ2n) is 10.4. The number of hydrogen-bond donors (Lipinski definition) is 4. The van der Waals surface area contributed by atoms with E-state index in [0.717, 1.165) is 0 Å². The monoisotopic (exact) mass is 547 g/mol. The minimum Gasteiger partial charge on any atom is -0.463 e. The van der Waals surface area contributed by atoms with E-state index in [9.17, 15) is 24.0 Å². The zero-order chi connectivity index (χ0) is 29.1. The Balaban J connectivity index is 2.17. The molecule has 0 spiro atoms. The molecule has 4 N–H and O–H groups in total. The molecule has 0 radical (unpaired) electrons. The molecule has 216 valence electrons. The number of nitrogens with zero attached hydrogens (tertiary/aromatic N) is 1. The summed E-state index contributed by atoms with van der Waals surface area (Å²) in [5.41, 5.74) is 0.0506. The number of hydrogen-bond acceptors (Lipinski definition) is 8. The molecule has 0 aliphatic carbocycles. The maximum Gasteiger partial charge on any atom is 0.330 e. The third kappa shape index (κ3) is 10.2. The maximum absolute atomic E-state index is 13.4. The lowest BCUT2D eigenvalue weighted by atomic mass is 9.96. The molecule has 12 heteroatoms. The predicted octanol–water partition coefficient (Wildman–Crippen LogP) is 1.40. The molecular weight excluding hydrogens is 506 g/mol. The molecule has 1 saturated heterocycles. The van der Waals surface area contributed by atoms with Crippen molar-refractivity contribution in [2.45, 2.75) is 78.9 Å². The molecule has 0 aromatic carbocycles. The van der Waals surface area contributed by atoms with Crippen molar-refractivity contribution >= 4 is 29.6 Å². The van der Waals surface area contributed by atoms with E-state index >= 15 is 0 Å². The lowest BCUT2D eigenvalue weighted by Crippen LogP contribution is -2.56. The number of ether oxygens (including phenoxy) is 1. The van der Waals surface area contributed by atoms with E-state index in [-0.39, 0.29) is 42.4 Å². The normalized spacial score (nSPS) is 17.5. The summed E-state index contributed by atoms with van der Waals surface area (Å²) < 4.78 is 9.88. The summed E-state index contributed by atoms with van der Waals surface area (Å²) in [7, 11) is 0. The Labute approximate surface area is 229 Å². The fourth-order valence-electron chi connectivity index (χ4n) is 4.22. The van der Waals surface area contributed by atoms with Gasteiger partial charge in [0.2, 0.25) is 17.7 Å². The molecule has 1 aromatic heterocycles. The summed E-state index contributed by atoms with van der Waals surface area (Å²) in [5, 5.41) is 14.8. The molecule has 1 aliphatic heterocycles. The topological polar surface area (TPSA) is 169 Å². The largest absolute Gasteiger partial charge is 0.463 e. The Bertz CT molecular complexity index is 1050. The zero-order valence-corrected chi connectivity index (χ0v) is 23.5. The average molecular weight is 548 g/mol. The van der Waals surface area contributed by atoms with Gasteiger partial charge < -0.3 is 30.5 Å². The van der Waals surface area contributed by atoms with Gasteiger partial charge >= 0.3 is 5.97 Å². The van der Waals surface area contributed by atoms with Crippen LogP contribution in [0.25, 0.3) is 0 Å². The van der Waals surface area contributed by atoms with Crippen molar-refractivity contribution in [1.29, 1.82) is 0 Å². The molecule has 1 aromatic rings. The number of carbonyl (C=O) groups is 5. The van der Waals surface area contributed by atoms with Gasteiger partial charge in [0.1, 0.15) is 17.8 Å². The van der Waals surface area contributed by atoms with Gasteiger partial charge in [-0.05, 0) is 44.9 Å². The first-order valence-corrected chi connectivity index (χ1v) is 13.4. The average Bonchev–Trinajstić information content (AvgIpc) is 3.47. The van der Waals surface area contributed by atoms with Crippen LogP contribution < -0.4 is 21.3 Å². The first-order chi connectivity index (χ1) is 18.4. The number of nitrogens with one attached hydrogen (secondary N) is 4. The van der Waals surface area contributed by atoms with E-state index in [1.165, 1.54) is 18.2 Å². The van der Waals surface area contributed by atoms with Crippen LogP contribution in [0.1, 0.15) is 70.1 Å². The van der Waals surface area contributed by atoms with Crippen LogP contribution in [0.2, 0.25) is 0 Å². The number of carbonyl (C=O) groups excluding carboxylic acids is 5. The number of aromatic nitrogens is 1. The minimum absolute atomic E-state index is 0.0506. The Morgan fingerprint density at radius 2 is 1.87 bits per heavy atom. The van der Waals surface area contributed by atoms with Crippen molar-refractivity contribution in [3.05, 3.63) is 29.7 Å². The van der Waals surface area contributed by atoms with Crippen LogP contribution in [0.3, 0.4) is 0 Å². The molecule has 39 heavy (non-hydrogen) atoms. The highest BCUT2D eigenvalue weighted by molar-refractivity contribution is 5.97. The Kier molecular flexibility index (Phi) is 12.1. The van der Waals surface area contributed by atoms with Crippen LogP contribution in [0, 0.1) is 24.7 Å². The highest BCUT2D eigenvalue weighted by Gasteiger charge is 2.32. The number of rotatable bonds is 14. The van der Waals surface area contributed by atoms with Crippen LogP contribution in [0.15, 0.2) is 22.7 Å². The van der Waals surface area contributed by atoms with E-state index in [1.54, 1.807) is 27.7 Å². The van der Waals surface area contributed by atoms with Gasteiger partial charge in [-0.15, -0.1) is 0 Å². The second-order valence-corrected chi connectivity index (χ2v) is 10.4.